The van der Waals surface area contributed by atoms with Gasteiger partial charge in [-0.3, -0.25) is 0 Å². The molecule has 0 aliphatic rings. The molecule has 0 bridgehead atoms. The van der Waals surface area contributed by atoms with Crippen molar-refractivity contribution in [1.82, 2.24) is 4.98 Å². The smallest absolute Gasteiger partial charge is 0.423 e. The number of anilines is 3. The molecule has 3 rings (SSSR count). The number of halogens is 3. The van der Waals surface area contributed by atoms with Gasteiger partial charge >= 0.3 is 5.51 Å². The highest BCUT2D eigenvalue weighted by Gasteiger charge is 2.39. The van der Waals surface area contributed by atoms with Crippen LogP contribution in [0.4, 0.5) is 30.6 Å². The van der Waals surface area contributed by atoms with Crippen molar-refractivity contribution in [2.24, 2.45) is 0 Å². The zero-order chi connectivity index (χ0) is 20.4. The number of aromatic nitrogens is 1. The number of hydrogen-bond acceptors (Lipinski definition) is 5. The minimum Gasteiger partial charge on any atom is -0.423 e. The predicted molar refractivity (Wildman–Crippen MR) is 101 cm³/mol. The number of rotatable bonds is 5. The molecule has 2 N–H and O–H groups in total. The first-order valence-electron chi connectivity index (χ1n) is 7.73. The van der Waals surface area contributed by atoms with Crippen molar-refractivity contribution in [3.63, 3.8) is 0 Å². The SMILES string of the molecule is C=S(=O)(Nc1cccc(Nc2ncc(-c3ccc(C#N)cc3)o2)c1)C(F)(F)F. The van der Waals surface area contributed by atoms with Crippen LogP contribution >= 0.6 is 0 Å². The van der Waals surface area contributed by atoms with Crippen molar-refractivity contribution in [3.8, 4) is 17.4 Å². The van der Waals surface area contributed by atoms with Gasteiger partial charge in [0.15, 0.2) is 5.76 Å². The van der Waals surface area contributed by atoms with Gasteiger partial charge in [-0.1, -0.05) is 6.07 Å². The van der Waals surface area contributed by atoms with E-state index in [0.717, 1.165) is 0 Å². The number of oxazole rings is 1. The molecule has 0 aliphatic carbocycles. The highest BCUT2D eigenvalue weighted by molar-refractivity contribution is 8.02. The van der Waals surface area contributed by atoms with Gasteiger partial charge in [0.25, 0.3) is 6.01 Å². The summed E-state index contributed by atoms with van der Waals surface area (Å²) in [5.41, 5.74) is -3.42. The van der Waals surface area contributed by atoms with E-state index in [1.54, 1.807) is 30.3 Å². The van der Waals surface area contributed by atoms with Crippen molar-refractivity contribution in [2.45, 2.75) is 5.51 Å². The van der Waals surface area contributed by atoms with Gasteiger partial charge in [0, 0.05) is 16.9 Å². The van der Waals surface area contributed by atoms with Crippen molar-refractivity contribution in [3.05, 3.63) is 60.3 Å². The summed E-state index contributed by atoms with van der Waals surface area (Å²) in [6.45, 7) is 0. The van der Waals surface area contributed by atoms with Crippen LogP contribution in [0.3, 0.4) is 0 Å². The largest absolute Gasteiger partial charge is 0.481 e. The Morgan fingerprint density at radius 1 is 1.14 bits per heavy atom. The fourth-order valence-corrected chi connectivity index (χ4v) is 2.83. The van der Waals surface area contributed by atoms with E-state index < -0.39 is 15.2 Å². The molecule has 28 heavy (non-hydrogen) atoms. The fourth-order valence-electron chi connectivity index (χ4n) is 2.21. The summed E-state index contributed by atoms with van der Waals surface area (Å²) < 4.78 is 57.3. The van der Waals surface area contributed by atoms with Gasteiger partial charge in [0.05, 0.1) is 17.8 Å². The van der Waals surface area contributed by atoms with Crippen LogP contribution < -0.4 is 10.0 Å². The molecule has 0 spiro atoms. The van der Waals surface area contributed by atoms with E-state index in [1.807, 2.05) is 10.8 Å². The topological polar surface area (TPSA) is 91.0 Å². The first kappa shape index (κ1) is 19.3. The molecule has 1 unspecified atom stereocenters. The lowest BCUT2D eigenvalue weighted by molar-refractivity contribution is -0.0386. The molecule has 0 aliphatic heterocycles. The van der Waals surface area contributed by atoms with Gasteiger partial charge in [-0.25, -0.2) is 9.19 Å². The third kappa shape index (κ3) is 4.27. The van der Waals surface area contributed by atoms with Crippen LogP contribution in [0.15, 0.2) is 59.1 Å². The van der Waals surface area contributed by atoms with Crippen LogP contribution in [0.2, 0.25) is 0 Å². The first-order valence-corrected chi connectivity index (χ1v) is 9.45. The number of hydrogen-bond donors (Lipinski definition) is 2. The Labute approximate surface area is 158 Å². The van der Waals surface area contributed by atoms with E-state index in [9.17, 15) is 17.4 Å². The van der Waals surface area contributed by atoms with Crippen molar-refractivity contribution in [1.29, 1.82) is 5.26 Å². The quantitative estimate of drug-likeness (QED) is 0.608. The van der Waals surface area contributed by atoms with Crippen LogP contribution in [-0.2, 0) is 9.71 Å². The van der Waals surface area contributed by atoms with Gasteiger partial charge in [0.1, 0.15) is 9.71 Å². The maximum Gasteiger partial charge on any atom is 0.481 e. The van der Waals surface area contributed by atoms with E-state index in [4.69, 9.17) is 9.68 Å². The number of nitriles is 1. The van der Waals surface area contributed by atoms with Gasteiger partial charge < -0.3 is 14.5 Å². The molecule has 1 atom stereocenters. The monoisotopic (exact) mass is 406 g/mol. The summed E-state index contributed by atoms with van der Waals surface area (Å²) in [5.74, 6) is 3.16. The van der Waals surface area contributed by atoms with E-state index in [-0.39, 0.29) is 11.7 Å². The van der Waals surface area contributed by atoms with Gasteiger partial charge in [-0.05, 0) is 48.3 Å². The summed E-state index contributed by atoms with van der Waals surface area (Å²) in [5, 5.41) is 11.6. The second-order valence-electron chi connectivity index (χ2n) is 5.65. The van der Waals surface area contributed by atoms with Crippen LogP contribution in [0.25, 0.3) is 11.3 Å². The van der Waals surface area contributed by atoms with Crippen molar-refractivity contribution < 1.29 is 21.8 Å². The Kier molecular flexibility index (Phi) is 5.02. The lowest BCUT2D eigenvalue weighted by Gasteiger charge is -2.15. The van der Waals surface area contributed by atoms with E-state index in [1.165, 1.54) is 24.4 Å². The third-order valence-electron chi connectivity index (χ3n) is 3.57. The normalized spacial score (nSPS) is 13.4. The molecule has 2 aromatic carbocycles. The zero-order valence-corrected chi connectivity index (χ0v) is 15.0. The number of nitrogens with one attached hydrogen (secondary N) is 2. The number of benzene rings is 2. The lowest BCUT2D eigenvalue weighted by atomic mass is 10.1. The minimum atomic E-state index is -4.98. The van der Waals surface area contributed by atoms with Crippen LogP contribution in [-0.4, -0.2) is 20.6 Å². The fraction of sp³-hybridized carbons (Fsp3) is 0.0556. The number of alkyl halides is 3. The molecule has 0 fully saturated rings. The number of nitrogens with zero attached hydrogens (tertiary/aromatic N) is 2. The summed E-state index contributed by atoms with van der Waals surface area (Å²) >= 11 is 0. The first-order chi connectivity index (χ1) is 13.2. The molecule has 6 nitrogen and oxygen atoms in total. The van der Waals surface area contributed by atoms with Crippen molar-refractivity contribution >= 4 is 33.0 Å². The summed E-state index contributed by atoms with van der Waals surface area (Å²) in [7, 11) is -4.52. The Balaban J connectivity index is 1.76. The van der Waals surface area contributed by atoms with Crippen LogP contribution in [0.5, 0.6) is 0 Å². The Bertz CT molecular complexity index is 1130. The molecule has 10 heteroatoms. The summed E-state index contributed by atoms with van der Waals surface area (Å²) in [4.78, 5) is 4.06. The van der Waals surface area contributed by atoms with Gasteiger partial charge in [0.2, 0.25) is 0 Å². The molecular weight excluding hydrogens is 393 g/mol. The van der Waals surface area contributed by atoms with Crippen molar-refractivity contribution in [2.75, 3.05) is 10.0 Å². The zero-order valence-electron chi connectivity index (χ0n) is 14.2. The molecule has 0 saturated heterocycles. The van der Waals surface area contributed by atoms with Crippen LogP contribution in [0.1, 0.15) is 5.56 Å². The maximum absolute atomic E-state index is 12.7. The van der Waals surface area contributed by atoms with Crippen LogP contribution in [0, 0.1) is 11.3 Å². The predicted octanol–water partition coefficient (Wildman–Crippen LogP) is 4.52. The molecule has 1 heterocycles. The van der Waals surface area contributed by atoms with Gasteiger partial charge in [-0.15, -0.1) is 0 Å². The standard InChI is InChI=1S/C18H13F3N4O2S/c1-28(26,18(19,20)21)25-15-4-2-3-14(9-15)24-17-23-11-16(27-17)13-7-5-12(10-22)6-8-13/h2-9,11H,1H2,(H,23,24)(H,25,26). The molecule has 0 radical (unpaired) electrons. The molecular formula is C18H13F3N4O2S. The average molecular weight is 406 g/mol. The van der Waals surface area contributed by atoms with Gasteiger partial charge in [-0.2, -0.15) is 18.4 Å². The molecule has 1 aromatic heterocycles. The Morgan fingerprint density at radius 2 is 1.82 bits per heavy atom. The Morgan fingerprint density at radius 3 is 2.46 bits per heavy atom. The second-order valence-corrected chi connectivity index (χ2v) is 7.67. The average Bonchev–Trinajstić information content (AvgIpc) is 3.09. The third-order valence-corrected chi connectivity index (χ3v) is 4.89. The Hall–Kier alpha value is -3.45. The summed E-state index contributed by atoms with van der Waals surface area (Å²) in [6.07, 6.45) is 1.47. The lowest BCUT2D eigenvalue weighted by Crippen LogP contribution is -2.29. The molecule has 144 valence electrons. The molecule has 3 aromatic rings. The van der Waals surface area contributed by atoms with E-state index in [2.05, 4.69) is 16.2 Å². The highest BCUT2D eigenvalue weighted by Crippen LogP contribution is 2.28. The second kappa shape index (κ2) is 7.28. The highest BCUT2D eigenvalue weighted by atomic mass is 32.2. The maximum atomic E-state index is 12.7. The minimum absolute atomic E-state index is 0.0267. The summed E-state index contributed by atoms with van der Waals surface area (Å²) in [6, 6.07) is 14.5. The van der Waals surface area contributed by atoms with E-state index in [0.29, 0.717) is 22.6 Å². The molecule has 0 saturated carbocycles. The molecule has 0 amide bonds. The van der Waals surface area contributed by atoms with E-state index >= 15 is 0 Å².